The third-order valence-electron chi connectivity index (χ3n) is 6.39. The van der Waals surface area contributed by atoms with Crippen LogP contribution in [0.4, 0.5) is 0 Å². The first-order valence-electron chi connectivity index (χ1n) is 12.3. The highest BCUT2D eigenvalue weighted by molar-refractivity contribution is 5.96. The van der Waals surface area contributed by atoms with Crippen molar-refractivity contribution in [3.63, 3.8) is 0 Å². The molecule has 1 aliphatic heterocycles. The predicted octanol–water partition coefficient (Wildman–Crippen LogP) is -0.197. The van der Waals surface area contributed by atoms with Crippen molar-refractivity contribution in [2.45, 2.75) is 43.8 Å². The Balaban J connectivity index is 1.64. The lowest BCUT2D eigenvalue weighted by molar-refractivity contribution is -0.134. The maximum atomic E-state index is 13.5. The van der Waals surface area contributed by atoms with Crippen LogP contribution in [0.15, 0.2) is 60.8 Å². The molecule has 0 bridgehead atoms. The molecule has 0 saturated carbocycles. The van der Waals surface area contributed by atoms with Crippen molar-refractivity contribution in [1.29, 1.82) is 0 Å². The summed E-state index contributed by atoms with van der Waals surface area (Å²) in [6.45, 7) is -0.0118. The van der Waals surface area contributed by atoms with E-state index in [4.69, 9.17) is 5.73 Å². The van der Waals surface area contributed by atoms with E-state index in [1.54, 1.807) is 30.5 Å². The molecular formula is C27H30N6O5. The normalized spacial score (nSPS) is 21.5. The minimum Gasteiger partial charge on any atom is -0.368 e. The number of carbonyl (C=O) groups is 5. The molecule has 0 radical (unpaired) electrons. The van der Waals surface area contributed by atoms with Crippen LogP contribution in [0.25, 0.3) is 10.9 Å². The number of para-hydroxylation sites is 1. The number of hydrogen-bond acceptors (Lipinski definition) is 5. The minimum absolute atomic E-state index is 0.0118. The second kappa shape index (κ2) is 12.0. The van der Waals surface area contributed by atoms with Gasteiger partial charge in [0.25, 0.3) is 0 Å². The van der Waals surface area contributed by atoms with E-state index in [0.717, 1.165) is 22.0 Å². The summed E-state index contributed by atoms with van der Waals surface area (Å²) in [7, 11) is 0. The zero-order valence-corrected chi connectivity index (χ0v) is 20.7. The Morgan fingerprint density at radius 3 is 2.26 bits per heavy atom. The second-order valence-corrected chi connectivity index (χ2v) is 9.20. The Bertz CT molecular complexity index is 1340. The van der Waals surface area contributed by atoms with Crippen molar-refractivity contribution in [2.24, 2.45) is 5.73 Å². The molecule has 1 saturated heterocycles. The highest BCUT2D eigenvalue weighted by Gasteiger charge is 2.31. The second-order valence-electron chi connectivity index (χ2n) is 9.20. The van der Waals surface area contributed by atoms with Gasteiger partial charge in [-0.05, 0) is 17.2 Å². The molecule has 2 heterocycles. The van der Waals surface area contributed by atoms with Gasteiger partial charge in [0.2, 0.25) is 29.5 Å². The van der Waals surface area contributed by atoms with Gasteiger partial charge in [-0.3, -0.25) is 24.0 Å². The van der Waals surface area contributed by atoms with Crippen LogP contribution in [-0.2, 0) is 36.8 Å². The number of aromatic amines is 1. The lowest BCUT2D eigenvalue weighted by Crippen LogP contribution is -2.58. The number of fused-ring (bicyclic) bond motifs is 1. The van der Waals surface area contributed by atoms with Crippen LogP contribution in [0, 0.1) is 0 Å². The van der Waals surface area contributed by atoms with E-state index in [9.17, 15) is 24.0 Å². The highest BCUT2D eigenvalue weighted by Crippen LogP contribution is 2.19. The molecule has 3 atom stereocenters. The van der Waals surface area contributed by atoms with Gasteiger partial charge in [-0.25, -0.2) is 0 Å². The largest absolute Gasteiger partial charge is 0.368 e. The highest BCUT2D eigenvalue weighted by atomic mass is 16.2. The maximum absolute atomic E-state index is 13.5. The summed E-state index contributed by atoms with van der Waals surface area (Å²) in [4.78, 5) is 67.0. The van der Waals surface area contributed by atoms with Gasteiger partial charge in [-0.15, -0.1) is 0 Å². The first-order valence-corrected chi connectivity index (χ1v) is 12.3. The van der Waals surface area contributed by atoms with Crippen LogP contribution in [0.5, 0.6) is 0 Å². The van der Waals surface area contributed by atoms with Crippen LogP contribution in [0.2, 0.25) is 0 Å². The Labute approximate surface area is 218 Å². The van der Waals surface area contributed by atoms with Crippen LogP contribution in [0.3, 0.4) is 0 Å². The summed E-state index contributed by atoms with van der Waals surface area (Å²) in [6, 6.07) is 13.2. The van der Waals surface area contributed by atoms with Crippen molar-refractivity contribution < 1.29 is 24.0 Å². The van der Waals surface area contributed by atoms with E-state index in [1.165, 1.54) is 0 Å². The topological polar surface area (TPSA) is 175 Å². The number of benzene rings is 2. The van der Waals surface area contributed by atoms with E-state index >= 15 is 0 Å². The molecule has 7 N–H and O–H groups in total. The van der Waals surface area contributed by atoms with Gasteiger partial charge < -0.3 is 32.0 Å². The van der Waals surface area contributed by atoms with E-state index < -0.39 is 54.1 Å². The summed E-state index contributed by atoms with van der Waals surface area (Å²) in [6.07, 6.45) is 1.59. The Hall–Kier alpha value is -4.67. The van der Waals surface area contributed by atoms with Gasteiger partial charge in [-0.2, -0.15) is 0 Å². The molecule has 1 fully saturated rings. The Kier molecular flexibility index (Phi) is 8.37. The van der Waals surface area contributed by atoms with Crippen LogP contribution < -0.4 is 27.0 Å². The Morgan fingerprint density at radius 2 is 1.50 bits per heavy atom. The molecule has 0 spiro atoms. The maximum Gasteiger partial charge on any atom is 0.243 e. The molecule has 5 amide bonds. The van der Waals surface area contributed by atoms with Gasteiger partial charge in [0.1, 0.15) is 18.1 Å². The molecule has 198 valence electrons. The zero-order chi connectivity index (χ0) is 27.1. The molecule has 1 aromatic heterocycles. The number of carbonyl (C=O) groups excluding carboxylic acids is 5. The van der Waals surface area contributed by atoms with Crippen molar-refractivity contribution in [3.05, 3.63) is 71.9 Å². The number of rotatable bonds is 5. The van der Waals surface area contributed by atoms with Crippen molar-refractivity contribution >= 4 is 40.4 Å². The Morgan fingerprint density at radius 1 is 0.816 bits per heavy atom. The van der Waals surface area contributed by atoms with Gasteiger partial charge in [-0.1, -0.05) is 48.5 Å². The number of primary amides is 1. The van der Waals surface area contributed by atoms with E-state index in [-0.39, 0.29) is 25.8 Å². The van der Waals surface area contributed by atoms with Crippen LogP contribution in [-0.4, -0.2) is 59.2 Å². The average Bonchev–Trinajstić information content (AvgIpc) is 3.30. The molecule has 4 rings (SSSR count). The van der Waals surface area contributed by atoms with Crippen LogP contribution >= 0.6 is 0 Å². The van der Waals surface area contributed by atoms with Crippen molar-refractivity contribution in [1.82, 2.24) is 26.3 Å². The van der Waals surface area contributed by atoms with Gasteiger partial charge in [0, 0.05) is 42.9 Å². The summed E-state index contributed by atoms with van der Waals surface area (Å²) < 4.78 is 0. The number of H-pyrrole nitrogens is 1. The fourth-order valence-corrected chi connectivity index (χ4v) is 4.40. The number of amides is 5. The monoisotopic (exact) mass is 518 g/mol. The third kappa shape index (κ3) is 6.75. The number of aromatic nitrogens is 1. The lowest BCUT2D eigenvalue weighted by Gasteiger charge is -2.25. The quantitative estimate of drug-likeness (QED) is 0.274. The molecule has 0 aliphatic carbocycles. The van der Waals surface area contributed by atoms with Gasteiger partial charge >= 0.3 is 0 Å². The third-order valence-corrected chi connectivity index (χ3v) is 6.39. The first-order chi connectivity index (χ1) is 18.3. The summed E-state index contributed by atoms with van der Waals surface area (Å²) in [5, 5.41) is 11.4. The van der Waals surface area contributed by atoms with Crippen molar-refractivity contribution in [3.8, 4) is 0 Å². The van der Waals surface area contributed by atoms with E-state index in [0.29, 0.717) is 0 Å². The standard InChI is InChI=1S/C27H30N6O5/c28-25(36)20-14-24(35)29-11-10-23(34)31-22(13-17-15-30-19-9-5-4-8-18(17)19)27(38)33-21(26(37)32-20)12-16-6-2-1-3-7-16/h1-9,15,20-22,30H,10-14H2,(H2,28,36)(H,29,35)(H,31,34)(H,32,37)(H,33,38)/t20-,21+,22-/m1/s1. The van der Waals surface area contributed by atoms with E-state index in [2.05, 4.69) is 26.3 Å². The molecule has 11 heteroatoms. The van der Waals surface area contributed by atoms with E-state index in [1.807, 2.05) is 30.3 Å². The van der Waals surface area contributed by atoms with Gasteiger partial charge in [0.15, 0.2) is 0 Å². The molecular weight excluding hydrogens is 488 g/mol. The summed E-state index contributed by atoms with van der Waals surface area (Å²) >= 11 is 0. The minimum atomic E-state index is -1.28. The zero-order valence-electron chi connectivity index (χ0n) is 20.7. The number of nitrogens with one attached hydrogen (secondary N) is 5. The average molecular weight is 519 g/mol. The molecule has 11 nitrogen and oxygen atoms in total. The summed E-state index contributed by atoms with van der Waals surface area (Å²) in [5.41, 5.74) is 7.89. The molecule has 2 aromatic carbocycles. The summed E-state index contributed by atoms with van der Waals surface area (Å²) in [5.74, 6) is -3.11. The number of nitrogens with two attached hydrogens (primary N) is 1. The predicted molar refractivity (Wildman–Crippen MR) is 139 cm³/mol. The first kappa shape index (κ1) is 26.4. The number of hydrogen-bond donors (Lipinski definition) is 6. The molecule has 3 aromatic rings. The molecule has 0 unspecified atom stereocenters. The fourth-order valence-electron chi connectivity index (χ4n) is 4.40. The smallest absolute Gasteiger partial charge is 0.243 e. The lowest BCUT2D eigenvalue weighted by atomic mass is 10.0. The molecule has 38 heavy (non-hydrogen) atoms. The van der Waals surface area contributed by atoms with Gasteiger partial charge in [0.05, 0.1) is 6.42 Å². The fraction of sp³-hybridized carbons (Fsp3) is 0.296. The van der Waals surface area contributed by atoms with Crippen LogP contribution in [0.1, 0.15) is 24.0 Å². The molecule has 1 aliphatic rings. The SMILES string of the molecule is NC(=O)[C@H]1CC(=O)NCCC(=O)N[C@H](Cc2c[nH]c3ccccc23)C(=O)N[C@@H](Cc2ccccc2)C(=O)N1. The van der Waals surface area contributed by atoms with Crippen molar-refractivity contribution in [2.75, 3.05) is 6.54 Å².